The van der Waals surface area contributed by atoms with E-state index in [0.717, 1.165) is 32.8 Å². The van der Waals surface area contributed by atoms with Gasteiger partial charge in [0.25, 0.3) is 0 Å². The van der Waals surface area contributed by atoms with Gasteiger partial charge in [0.15, 0.2) is 0 Å². The summed E-state index contributed by atoms with van der Waals surface area (Å²) in [4.78, 5) is 9.77. The Labute approximate surface area is 247 Å². The molecule has 1 aliphatic carbocycles. The first kappa shape index (κ1) is 26.0. The Hall–Kier alpha value is -4.27. The average molecular weight is 702 g/mol. The van der Waals surface area contributed by atoms with Gasteiger partial charge in [-0.3, -0.25) is 4.99 Å². The van der Waals surface area contributed by atoms with Crippen molar-refractivity contribution in [3.8, 4) is 33.9 Å². The number of aliphatic imine (C=N–C) groups is 1. The number of aromatic hydroxyl groups is 2. The molecule has 7 rings (SSSR count). The number of rotatable bonds is 3. The second kappa shape index (κ2) is 9.73. The van der Waals surface area contributed by atoms with Crippen molar-refractivity contribution in [3.05, 3.63) is 120 Å². The van der Waals surface area contributed by atoms with Crippen LogP contribution in [0.1, 0.15) is 30.7 Å². The van der Waals surface area contributed by atoms with Crippen molar-refractivity contribution in [1.29, 1.82) is 0 Å². The van der Waals surface area contributed by atoms with E-state index in [0.29, 0.717) is 28.0 Å². The molecule has 5 aromatic carbocycles. The number of nitrogens with zero attached hydrogens (tertiary/aromatic N) is 2. The molecule has 6 aromatic rings. The van der Waals surface area contributed by atoms with Crippen molar-refractivity contribution in [1.82, 2.24) is 4.98 Å². The van der Waals surface area contributed by atoms with Crippen molar-refractivity contribution < 1.29 is 31.3 Å². The van der Waals surface area contributed by atoms with Crippen LogP contribution in [0.5, 0.6) is 11.5 Å². The van der Waals surface area contributed by atoms with Crippen LogP contribution in [0.15, 0.2) is 108 Å². The summed E-state index contributed by atoms with van der Waals surface area (Å²) in [7, 11) is 0. The first-order chi connectivity index (χ1) is 18.9. The van der Waals surface area contributed by atoms with Crippen molar-refractivity contribution in [2.24, 2.45) is 4.99 Å². The Balaban J connectivity index is 0.00000289. The standard InChI is InChI=1S/C35H26N2O2.Pt/c1-35(2)27-14-6-5-13-24(27)25-17-18-26(34(39)33(25)35)29-19-22-9-3-4-12-23(22)30(37-29)20-36-28-15-7-10-21-11-8-16-31(38)32(21)28;/h3-20,38-39H,1-2H3;. The average Bonchev–Trinajstić information content (AvgIpc) is 3.19. The normalized spacial score (nSPS) is 13.3. The Morgan fingerprint density at radius 3 is 2.27 bits per heavy atom. The molecule has 0 aliphatic heterocycles. The van der Waals surface area contributed by atoms with Crippen LogP contribution < -0.4 is 0 Å². The van der Waals surface area contributed by atoms with Gasteiger partial charge >= 0.3 is 0 Å². The van der Waals surface area contributed by atoms with Gasteiger partial charge in [-0.15, -0.1) is 0 Å². The van der Waals surface area contributed by atoms with E-state index in [4.69, 9.17) is 9.98 Å². The van der Waals surface area contributed by atoms with Crippen molar-refractivity contribution in [2.45, 2.75) is 19.3 Å². The number of phenolic OH excluding ortho intramolecular Hbond substituents is 2. The monoisotopic (exact) mass is 701 g/mol. The van der Waals surface area contributed by atoms with E-state index in [2.05, 4.69) is 38.1 Å². The maximum Gasteiger partial charge on any atom is 0.129 e. The summed E-state index contributed by atoms with van der Waals surface area (Å²) in [5.41, 5.74) is 6.78. The van der Waals surface area contributed by atoms with Crippen LogP contribution in [0.4, 0.5) is 5.69 Å². The van der Waals surface area contributed by atoms with Crippen LogP contribution in [0.25, 0.3) is 43.9 Å². The molecule has 0 fully saturated rings. The molecule has 1 aromatic heterocycles. The summed E-state index contributed by atoms with van der Waals surface area (Å²) >= 11 is 0. The zero-order valence-electron chi connectivity index (χ0n) is 22.0. The molecule has 0 bridgehead atoms. The van der Waals surface area contributed by atoms with E-state index < -0.39 is 0 Å². The molecule has 0 spiro atoms. The Bertz CT molecular complexity index is 1970. The van der Waals surface area contributed by atoms with Crippen molar-refractivity contribution in [2.75, 3.05) is 0 Å². The SMILES string of the molecule is CC1(C)c2ccccc2-c2ccc(-c3cc4ccccc4c(C=Nc4cccc5cccc(O)c45)n3)c(O)c21.[Pt]. The van der Waals surface area contributed by atoms with Gasteiger partial charge < -0.3 is 10.2 Å². The molecule has 4 nitrogen and oxygen atoms in total. The number of fused-ring (bicyclic) bond motifs is 5. The Morgan fingerprint density at radius 2 is 1.43 bits per heavy atom. The summed E-state index contributed by atoms with van der Waals surface area (Å²) in [5.74, 6) is 0.455. The molecular weight excluding hydrogens is 675 g/mol. The third kappa shape index (κ3) is 3.94. The van der Waals surface area contributed by atoms with Gasteiger partial charge in [-0.1, -0.05) is 92.7 Å². The molecule has 0 radical (unpaired) electrons. The Morgan fingerprint density at radius 1 is 0.725 bits per heavy atom. The molecule has 1 aliphatic rings. The summed E-state index contributed by atoms with van der Waals surface area (Å²) < 4.78 is 0. The molecule has 198 valence electrons. The molecular formula is C35H26N2O2Pt. The number of hydrogen-bond acceptors (Lipinski definition) is 4. The maximum absolute atomic E-state index is 11.7. The first-order valence-corrected chi connectivity index (χ1v) is 13.0. The van der Waals surface area contributed by atoms with Crippen LogP contribution >= 0.6 is 0 Å². The zero-order chi connectivity index (χ0) is 26.7. The molecule has 1 heterocycles. The van der Waals surface area contributed by atoms with Gasteiger partial charge in [0.1, 0.15) is 11.5 Å². The molecule has 0 saturated heterocycles. The van der Waals surface area contributed by atoms with Crippen molar-refractivity contribution in [3.63, 3.8) is 0 Å². The number of phenols is 2. The summed E-state index contributed by atoms with van der Waals surface area (Å²) in [6, 6.07) is 33.7. The van der Waals surface area contributed by atoms with Crippen LogP contribution in [-0.4, -0.2) is 21.4 Å². The minimum Gasteiger partial charge on any atom is -0.507 e. The fraction of sp³-hybridized carbons (Fsp3) is 0.0857. The van der Waals surface area contributed by atoms with Gasteiger partial charge in [0.2, 0.25) is 0 Å². The predicted octanol–water partition coefficient (Wildman–Crippen LogP) is 8.52. The van der Waals surface area contributed by atoms with E-state index in [9.17, 15) is 10.2 Å². The molecule has 0 amide bonds. The molecule has 0 atom stereocenters. The minimum atomic E-state index is -0.330. The van der Waals surface area contributed by atoms with Gasteiger partial charge in [-0.2, -0.15) is 0 Å². The topological polar surface area (TPSA) is 65.7 Å². The fourth-order valence-corrected chi connectivity index (χ4v) is 6.05. The summed E-state index contributed by atoms with van der Waals surface area (Å²) in [5, 5.41) is 25.8. The predicted molar refractivity (Wildman–Crippen MR) is 159 cm³/mol. The Kier molecular flexibility index (Phi) is 6.32. The number of hydrogen-bond donors (Lipinski definition) is 2. The largest absolute Gasteiger partial charge is 0.507 e. The third-order valence-electron chi connectivity index (χ3n) is 7.93. The molecule has 40 heavy (non-hydrogen) atoms. The molecule has 0 unspecified atom stereocenters. The van der Waals surface area contributed by atoms with Gasteiger partial charge in [0.05, 0.1) is 23.3 Å². The minimum absolute atomic E-state index is 0. The molecule has 0 saturated carbocycles. The third-order valence-corrected chi connectivity index (χ3v) is 7.93. The van der Waals surface area contributed by atoms with E-state index >= 15 is 0 Å². The van der Waals surface area contributed by atoms with E-state index in [1.165, 1.54) is 5.56 Å². The summed E-state index contributed by atoms with van der Waals surface area (Å²) in [6.45, 7) is 4.32. The van der Waals surface area contributed by atoms with Gasteiger partial charge in [0, 0.05) is 48.4 Å². The van der Waals surface area contributed by atoms with Crippen LogP contribution in [0.2, 0.25) is 0 Å². The molecule has 2 N–H and O–H groups in total. The second-order valence-corrected chi connectivity index (χ2v) is 10.6. The van der Waals surface area contributed by atoms with Gasteiger partial charge in [-0.05, 0) is 51.7 Å². The molecule has 5 heteroatoms. The van der Waals surface area contributed by atoms with Crippen molar-refractivity contribution >= 4 is 33.4 Å². The number of aromatic nitrogens is 1. The van der Waals surface area contributed by atoms with E-state index in [1.807, 2.05) is 72.8 Å². The van der Waals surface area contributed by atoms with Crippen LogP contribution in [-0.2, 0) is 26.5 Å². The van der Waals surface area contributed by atoms with E-state index in [-0.39, 0.29) is 38.0 Å². The van der Waals surface area contributed by atoms with Gasteiger partial charge in [-0.25, -0.2) is 4.98 Å². The maximum atomic E-state index is 11.7. The van der Waals surface area contributed by atoms with Crippen LogP contribution in [0, 0.1) is 0 Å². The fourth-order valence-electron chi connectivity index (χ4n) is 6.05. The van der Waals surface area contributed by atoms with Crippen LogP contribution in [0.3, 0.4) is 0 Å². The zero-order valence-corrected chi connectivity index (χ0v) is 24.3. The smallest absolute Gasteiger partial charge is 0.129 e. The number of benzene rings is 5. The summed E-state index contributed by atoms with van der Waals surface area (Å²) in [6.07, 6.45) is 1.75. The van der Waals surface area contributed by atoms with E-state index in [1.54, 1.807) is 12.3 Å². The number of pyridine rings is 1. The first-order valence-electron chi connectivity index (χ1n) is 13.0. The second-order valence-electron chi connectivity index (χ2n) is 10.6. The quantitative estimate of drug-likeness (QED) is 0.182.